The molecule has 0 saturated heterocycles. The second kappa shape index (κ2) is 5.91. The monoisotopic (exact) mass is 295 g/mol. The fourth-order valence-corrected chi connectivity index (χ4v) is 3.46. The molecule has 1 aliphatic heterocycles. The molecular formula is C17H23F2NO. The van der Waals surface area contributed by atoms with Gasteiger partial charge in [0.15, 0.2) is 0 Å². The predicted molar refractivity (Wildman–Crippen MR) is 78.8 cm³/mol. The Bertz CT molecular complexity index is 494. The van der Waals surface area contributed by atoms with Crippen molar-refractivity contribution >= 4 is 0 Å². The Kier molecular flexibility index (Phi) is 4.16. The minimum absolute atomic E-state index is 0.00154. The van der Waals surface area contributed by atoms with Crippen molar-refractivity contribution in [2.24, 2.45) is 11.7 Å². The molecule has 0 amide bonds. The van der Waals surface area contributed by atoms with Crippen LogP contribution in [-0.2, 0) is 12.8 Å². The lowest BCUT2D eigenvalue weighted by molar-refractivity contribution is -0.0484. The maximum absolute atomic E-state index is 13.2. The third-order valence-corrected chi connectivity index (χ3v) is 4.89. The highest BCUT2D eigenvalue weighted by Gasteiger charge is 2.36. The van der Waals surface area contributed by atoms with Crippen molar-refractivity contribution in [2.75, 3.05) is 6.61 Å². The zero-order valence-electron chi connectivity index (χ0n) is 12.3. The van der Waals surface area contributed by atoms with Gasteiger partial charge in [-0.05, 0) is 48.8 Å². The van der Waals surface area contributed by atoms with Crippen LogP contribution in [-0.4, -0.2) is 18.6 Å². The van der Waals surface area contributed by atoms with Gasteiger partial charge in [-0.25, -0.2) is 8.78 Å². The first kappa shape index (κ1) is 14.8. The molecule has 116 valence electrons. The Morgan fingerprint density at radius 3 is 2.81 bits per heavy atom. The molecule has 2 N–H and O–H groups in total. The molecule has 0 bridgehead atoms. The molecule has 1 aromatic carbocycles. The molecule has 21 heavy (non-hydrogen) atoms. The maximum Gasteiger partial charge on any atom is 0.248 e. The molecule has 0 spiro atoms. The van der Waals surface area contributed by atoms with E-state index in [0.29, 0.717) is 12.8 Å². The van der Waals surface area contributed by atoms with Gasteiger partial charge in [-0.3, -0.25) is 0 Å². The SMILES string of the molecule is NC(CCc1ccc2c(c1)CCO2)C1CCC(F)(F)CC1. The summed E-state index contributed by atoms with van der Waals surface area (Å²) < 4.78 is 31.8. The van der Waals surface area contributed by atoms with Gasteiger partial charge in [0.1, 0.15) is 5.75 Å². The van der Waals surface area contributed by atoms with E-state index < -0.39 is 5.92 Å². The van der Waals surface area contributed by atoms with Gasteiger partial charge in [0.2, 0.25) is 5.92 Å². The third kappa shape index (κ3) is 3.54. The number of nitrogens with two attached hydrogens (primary N) is 1. The topological polar surface area (TPSA) is 35.2 Å². The number of hydrogen-bond donors (Lipinski definition) is 1. The van der Waals surface area contributed by atoms with Crippen LogP contribution < -0.4 is 10.5 Å². The summed E-state index contributed by atoms with van der Waals surface area (Å²) >= 11 is 0. The van der Waals surface area contributed by atoms with E-state index in [2.05, 4.69) is 12.1 Å². The Labute approximate surface area is 124 Å². The summed E-state index contributed by atoms with van der Waals surface area (Å²) in [4.78, 5) is 0. The van der Waals surface area contributed by atoms with Crippen molar-refractivity contribution in [1.82, 2.24) is 0 Å². The average Bonchev–Trinajstić information content (AvgIpc) is 2.92. The van der Waals surface area contributed by atoms with Crippen LogP contribution in [0, 0.1) is 5.92 Å². The molecule has 0 radical (unpaired) electrons. The summed E-state index contributed by atoms with van der Waals surface area (Å²) in [5.41, 5.74) is 8.78. The lowest BCUT2D eigenvalue weighted by Gasteiger charge is -2.32. The first-order valence-corrected chi connectivity index (χ1v) is 7.91. The summed E-state index contributed by atoms with van der Waals surface area (Å²) in [6, 6.07) is 6.35. The van der Waals surface area contributed by atoms with E-state index in [9.17, 15) is 8.78 Å². The van der Waals surface area contributed by atoms with E-state index in [1.807, 2.05) is 6.07 Å². The Balaban J connectivity index is 1.51. The molecule has 1 unspecified atom stereocenters. The third-order valence-electron chi connectivity index (χ3n) is 4.89. The van der Waals surface area contributed by atoms with Crippen LogP contribution in [0.5, 0.6) is 5.75 Å². The fraction of sp³-hybridized carbons (Fsp3) is 0.647. The largest absolute Gasteiger partial charge is 0.493 e. The van der Waals surface area contributed by atoms with Gasteiger partial charge in [0.25, 0.3) is 0 Å². The van der Waals surface area contributed by atoms with Crippen LogP contribution >= 0.6 is 0 Å². The van der Waals surface area contributed by atoms with Crippen LogP contribution in [0.3, 0.4) is 0 Å². The number of ether oxygens (including phenoxy) is 1. The maximum atomic E-state index is 13.2. The molecule has 0 aromatic heterocycles. The van der Waals surface area contributed by atoms with Crippen molar-refractivity contribution in [2.45, 2.75) is 56.9 Å². The molecule has 1 heterocycles. The molecule has 1 saturated carbocycles. The molecule has 2 nitrogen and oxygen atoms in total. The second-order valence-electron chi connectivity index (χ2n) is 6.44. The van der Waals surface area contributed by atoms with E-state index in [4.69, 9.17) is 10.5 Å². The number of aryl methyl sites for hydroxylation is 1. The Morgan fingerprint density at radius 1 is 1.29 bits per heavy atom. The minimum Gasteiger partial charge on any atom is -0.493 e. The van der Waals surface area contributed by atoms with E-state index in [1.54, 1.807) is 0 Å². The zero-order chi connectivity index (χ0) is 14.9. The van der Waals surface area contributed by atoms with Crippen LogP contribution in [0.2, 0.25) is 0 Å². The van der Waals surface area contributed by atoms with Gasteiger partial charge in [0.05, 0.1) is 6.61 Å². The summed E-state index contributed by atoms with van der Waals surface area (Å²) in [5, 5.41) is 0. The number of halogens is 2. The van der Waals surface area contributed by atoms with Crippen LogP contribution in [0.25, 0.3) is 0 Å². The molecule has 1 atom stereocenters. The average molecular weight is 295 g/mol. The van der Waals surface area contributed by atoms with Crippen molar-refractivity contribution < 1.29 is 13.5 Å². The first-order chi connectivity index (χ1) is 10.0. The predicted octanol–water partition coefficient (Wildman–Crippen LogP) is 3.71. The summed E-state index contributed by atoms with van der Waals surface area (Å²) in [7, 11) is 0. The first-order valence-electron chi connectivity index (χ1n) is 7.91. The van der Waals surface area contributed by atoms with E-state index in [1.165, 1.54) is 11.1 Å². The number of rotatable bonds is 4. The summed E-state index contributed by atoms with van der Waals surface area (Å²) in [6.45, 7) is 0.772. The highest BCUT2D eigenvalue weighted by atomic mass is 19.3. The molecule has 2 aliphatic rings. The van der Waals surface area contributed by atoms with Gasteiger partial charge in [-0.1, -0.05) is 12.1 Å². The van der Waals surface area contributed by atoms with Gasteiger partial charge < -0.3 is 10.5 Å². The standard InChI is InChI=1S/C17H23F2NO/c18-17(19)8-5-13(6-9-17)15(20)3-1-12-2-4-16-14(11-12)7-10-21-16/h2,4,11,13,15H,1,3,5-10,20H2. The minimum atomic E-state index is -2.46. The normalized spacial score (nSPS) is 22.6. The molecular weight excluding hydrogens is 272 g/mol. The van der Waals surface area contributed by atoms with Crippen LogP contribution in [0.1, 0.15) is 43.2 Å². The summed E-state index contributed by atoms with van der Waals surface area (Å²) in [5.74, 6) is -1.21. The molecule has 4 heteroatoms. The van der Waals surface area contributed by atoms with Gasteiger partial charge >= 0.3 is 0 Å². The van der Waals surface area contributed by atoms with Crippen molar-refractivity contribution in [1.29, 1.82) is 0 Å². The van der Waals surface area contributed by atoms with Crippen molar-refractivity contribution in [3.8, 4) is 5.75 Å². The number of fused-ring (bicyclic) bond motifs is 1. The fourth-order valence-electron chi connectivity index (χ4n) is 3.46. The molecule has 1 aromatic rings. The van der Waals surface area contributed by atoms with E-state index in [-0.39, 0.29) is 24.8 Å². The van der Waals surface area contributed by atoms with E-state index >= 15 is 0 Å². The second-order valence-corrected chi connectivity index (χ2v) is 6.44. The van der Waals surface area contributed by atoms with Crippen LogP contribution in [0.4, 0.5) is 8.78 Å². The van der Waals surface area contributed by atoms with Gasteiger partial charge in [0, 0.05) is 25.3 Å². The molecule has 1 aliphatic carbocycles. The number of benzene rings is 1. The lowest BCUT2D eigenvalue weighted by atomic mass is 9.80. The Hall–Kier alpha value is -1.16. The number of hydrogen-bond acceptors (Lipinski definition) is 2. The highest BCUT2D eigenvalue weighted by Crippen LogP contribution is 2.37. The molecule has 1 fully saturated rings. The lowest BCUT2D eigenvalue weighted by Crippen LogP contribution is -2.36. The van der Waals surface area contributed by atoms with Gasteiger partial charge in [-0.2, -0.15) is 0 Å². The van der Waals surface area contributed by atoms with Crippen molar-refractivity contribution in [3.63, 3.8) is 0 Å². The summed E-state index contributed by atoms with van der Waals surface area (Å²) in [6.07, 6.45) is 3.89. The molecule has 3 rings (SSSR count). The van der Waals surface area contributed by atoms with Gasteiger partial charge in [-0.15, -0.1) is 0 Å². The smallest absolute Gasteiger partial charge is 0.248 e. The Morgan fingerprint density at radius 2 is 2.05 bits per heavy atom. The number of alkyl halides is 2. The van der Waals surface area contributed by atoms with Crippen LogP contribution in [0.15, 0.2) is 18.2 Å². The van der Waals surface area contributed by atoms with Crippen molar-refractivity contribution in [3.05, 3.63) is 29.3 Å². The highest BCUT2D eigenvalue weighted by molar-refractivity contribution is 5.39. The van der Waals surface area contributed by atoms with E-state index in [0.717, 1.165) is 31.6 Å². The zero-order valence-corrected chi connectivity index (χ0v) is 12.3. The quantitative estimate of drug-likeness (QED) is 0.919.